The molecule has 0 atom stereocenters. The van der Waals surface area contributed by atoms with E-state index in [-0.39, 0.29) is 17.7 Å². The van der Waals surface area contributed by atoms with Gasteiger partial charge in [0.1, 0.15) is 0 Å². The van der Waals surface area contributed by atoms with E-state index in [1.165, 1.54) is 6.07 Å². The average molecular weight is 317 g/mol. The minimum Gasteiger partial charge on any atom is -0.396 e. The van der Waals surface area contributed by atoms with Gasteiger partial charge in [-0.3, -0.25) is 10.1 Å². The molecule has 0 fully saturated rings. The summed E-state index contributed by atoms with van der Waals surface area (Å²) >= 11 is 3.25. The first-order valence-corrected chi connectivity index (χ1v) is 6.40. The second kappa shape index (κ2) is 6.26. The quantitative estimate of drug-likeness (QED) is 0.624. The van der Waals surface area contributed by atoms with Crippen LogP contribution in [0.3, 0.4) is 0 Å². The van der Waals surface area contributed by atoms with E-state index < -0.39 is 4.92 Å². The number of aliphatic hydroxyl groups excluding tert-OH is 1. The third-order valence-corrected chi connectivity index (χ3v) is 3.52. The van der Waals surface area contributed by atoms with Crippen LogP contribution in [0.4, 0.5) is 5.69 Å². The molecule has 0 amide bonds. The summed E-state index contributed by atoms with van der Waals surface area (Å²) in [5.41, 5.74) is 0.696. The van der Waals surface area contributed by atoms with E-state index >= 15 is 0 Å². The van der Waals surface area contributed by atoms with Crippen LogP contribution < -0.4 is 5.32 Å². The summed E-state index contributed by atoms with van der Waals surface area (Å²) in [6.45, 7) is 5.14. The van der Waals surface area contributed by atoms with E-state index in [9.17, 15) is 10.1 Å². The lowest BCUT2D eigenvalue weighted by molar-refractivity contribution is -0.385. The Balaban J connectivity index is 2.69. The number of rotatable bonds is 6. The fourth-order valence-corrected chi connectivity index (χ4v) is 1.98. The normalized spacial score (nSPS) is 11.6. The Morgan fingerprint density at radius 2 is 2.17 bits per heavy atom. The number of hydrogen-bond donors (Lipinski definition) is 2. The summed E-state index contributed by atoms with van der Waals surface area (Å²) in [7, 11) is 0. The molecule has 6 heteroatoms. The minimum absolute atomic E-state index is 0.0655. The molecule has 5 nitrogen and oxygen atoms in total. The van der Waals surface area contributed by atoms with Gasteiger partial charge in [-0.1, -0.05) is 26.0 Å². The third kappa shape index (κ3) is 4.04. The maximum Gasteiger partial charge on any atom is 0.283 e. The van der Waals surface area contributed by atoms with Crippen molar-refractivity contribution in [2.75, 3.05) is 13.2 Å². The number of benzene rings is 1. The Morgan fingerprint density at radius 1 is 1.50 bits per heavy atom. The van der Waals surface area contributed by atoms with Crippen molar-refractivity contribution in [1.29, 1.82) is 0 Å². The van der Waals surface area contributed by atoms with Crippen LogP contribution in [-0.4, -0.2) is 23.2 Å². The molecule has 0 bridgehead atoms. The molecule has 1 aromatic rings. The zero-order valence-electron chi connectivity index (χ0n) is 10.4. The molecular weight excluding hydrogens is 300 g/mol. The zero-order chi connectivity index (χ0) is 13.8. The van der Waals surface area contributed by atoms with Gasteiger partial charge in [0.15, 0.2) is 0 Å². The standard InChI is InChI=1S/C12H17BrN2O3/c1-12(2,8-16)7-14-6-9-4-3-5-10(11(9)13)15(17)18/h3-5,14,16H,6-8H2,1-2H3. The van der Waals surface area contributed by atoms with Gasteiger partial charge in [0.05, 0.1) is 9.40 Å². The van der Waals surface area contributed by atoms with Gasteiger partial charge in [-0.05, 0) is 21.5 Å². The molecule has 0 spiro atoms. The van der Waals surface area contributed by atoms with Gasteiger partial charge >= 0.3 is 0 Å². The van der Waals surface area contributed by atoms with Gasteiger partial charge in [0.2, 0.25) is 0 Å². The van der Waals surface area contributed by atoms with Crippen molar-refractivity contribution >= 4 is 21.6 Å². The number of nitrogens with one attached hydrogen (secondary N) is 1. The van der Waals surface area contributed by atoms with Crippen LogP contribution in [0.2, 0.25) is 0 Å². The van der Waals surface area contributed by atoms with Gasteiger partial charge in [0, 0.05) is 31.2 Å². The molecule has 2 N–H and O–H groups in total. The maximum absolute atomic E-state index is 10.8. The highest BCUT2D eigenvalue weighted by Gasteiger charge is 2.17. The Morgan fingerprint density at radius 3 is 2.72 bits per heavy atom. The monoisotopic (exact) mass is 316 g/mol. The largest absolute Gasteiger partial charge is 0.396 e. The number of aliphatic hydroxyl groups is 1. The van der Waals surface area contributed by atoms with Crippen molar-refractivity contribution < 1.29 is 10.0 Å². The Labute approximate surface area is 114 Å². The van der Waals surface area contributed by atoms with Gasteiger partial charge in [0.25, 0.3) is 5.69 Å². The number of hydrogen-bond acceptors (Lipinski definition) is 4. The molecule has 0 unspecified atom stereocenters. The van der Waals surface area contributed by atoms with Crippen LogP contribution in [0, 0.1) is 15.5 Å². The number of halogens is 1. The minimum atomic E-state index is -0.411. The zero-order valence-corrected chi connectivity index (χ0v) is 12.0. The molecule has 0 aliphatic rings. The molecule has 1 rings (SSSR count). The van der Waals surface area contributed by atoms with Crippen molar-refractivity contribution in [3.63, 3.8) is 0 Å². The lowest BCUT2D eigenvalue weighted by Crippen LogP contribution is -2.31. The van der Waals surface area contributed by atoms with Crippen LogP contribution >= 0.6 is 15.9 Å². The summed E-state index contributed by atoms with van der Waals surface area (Å²) in [5, 5.41) is 23.1. The topological polar surface area (TPSA) is 75.4 Å². The second-order valence-corrected chi connectivity index (χ2v) is 5.73. The molecule has 0 saturated heterocycles. The summed E-state index contributed by atoms with van der Waals surface area (Å²) in [6, 6.07) is 4.96. The molecule has 0 saturated carbocycles. The van der Waals surface area contributed by atoms with Crippen molar-refractivity contribution in [3.8, 4) is 0 Å². The van der Waals surface area contributed by atoms with Crippen molar-refractivity contribution in [2.45, 2.75) is 20.4 Å². The molecule has 0 radical (unpaired) electrons. The average Bonchev–Trinajstić information content (AvgIpc) is 2.31. The van der Waals surface area contributed by atoms with Gasteiger partial charge in [-0.2, -0.15) is 0 Å². The second-order valence-electron chi connectivity index (χ2n) is 4.93. The fraction of sp³-hybridized carbons (Fsp3) is 0.500. The Kier molecular flexibility index (Phi) is 5.25. The lowest BCUT2D eigenvalue weighted by Gasteiger charge is -2.22. The van der Waals surface area contributed by atoms with Crippen molar-refractivity contribution in [3.05, 3.63) is 38.3 Å². The van der Waals surface area contributed by atoms with Crippen LogP contribution in [0.15, 0.2) is 22.7 Å². The first kappa shape index (κ1) is 15.1. The van der Waals surface area contributed by atoms with Crippen LogP contribution in [0.25, 0.3) is 0 Å². The van der Waals surface area contributed by atoms with Crippen molar-refractivity contribution in [1.82, 2.24) is 5.32 Å². The predicted molar refractivity (Wildman–Crippen MR) is 73.4 cm³/mol. The summed E-state index contributed by atoms with van der Waals surface area (Å²) in [5.74, 6) is 0. The summed E-state index contributed by atoms with van der Waals surface area (Å²) in [4.78, 5) is 10.4. The van der Waals surface area contributed by atoms with E-state index in [2.05, 4.69) is 21.2 Å². The highest BCUT2D eigenvalue weighted by molar-refractivity contribution is 9.10. The van der Waals surface area contributed by atoms with E-state index in [0.717, 1.165) is 5.56 Å². The molecule has 0 aliphatic carbocycles. The van der Waals surface area contributed by atoms with Gasteiger partial charge < -0.3 is 10.4 Å². The first-order chi connectivity index (χ1) is 8.37. The molecule has 0 aromatic heterocycles. The molecule has 1 aromatic carbocycles. The highest BCUT2D eigenvalue weighted by Crippen LogP contribution is 2.28. The van der Waals surface area contributed by atoms with Crippen molar-refractivity contribution in [2.24, 2.45) is 5.41 Å². The number of nitrogens with zero attached hydrogens (tertiary/aromatic N) is 1. The smallest absolute Gasteiger partial charge is 0.283 e. The predicted octanol–water partition coefficient (Wildman–Crippen LogP) is 2.47. The SMILES string of the molecule is CC(C)(CO)CNCc1cccc([N+](=O)[O-])c1Br. The molecule has 0 aliphatic heterocycles. The van der Waals surface area contributed by atoms with Crippen LogP contribution in [-0.2, 0) is 6.54 Å². The van der Waals surface area contributed by atoms with Gasteiger partial charge in [-0.25, -0.2) is 0 Å². The molecule has 0 heterocycles. The molecule has 100 valence electrons. The van der Waals surface area contributed by atoms with Gasteiger partial charge in [-0.15, -0.1) is 0 Å². The van der Waals surface area contributed by atoms with E-state index in [1.54, 1.807) is 6.07 Å². The van der Waals surface area contributed by atoms with Crippen LogP contribution in [0.5, 0.6) is 0 Å². The Hall–Kier alpha value is -0.980. The lowest BCUT2D eigenvalue weighted by atomic mass is 9.95. The number of nitro groups is 1. The molecular formula is C12H17BrN2O3. The van der Waals surface area contributed by atoms with Crippen LogP contribution in [0.1, 0.15) is 19.4 Å². The van der Waals surface area contributed by atoms with E-state index in [1.807, 2.05) is 19.9 Å². The molecule has 18 heavy (non-hydrogen) atoms. The van der Waals surface area contributed by atoms with E-state index in [4.69, 9.17) is 5.11 Å². The summed E-state index contributed by atoms with van der Waals surface area (Å²) in [6.07, 6.45) is 0. The highest BCUT2D eigenvalue weighted by atomic mass is 79.9. The number of nitro benzene ring substituents is 1. The summed E-state index contributed by atoms with van der Waals surface area (Å²) < 4.78 is 0.504. The first-order valence-electron chi connectivity index (χ1n) is 5.61. The fourth-order valence-electron chi connectivity index (χ4n) is 1.44. The Bertz CT molecular complexity index is 435. The van der Waals surface area contributed by atoms with E-state index in [0.29, 0.717) is 17.6 Å². The maximum atomic E-state index is 10.8. The third-order valence-electron chi connectivity index (χ3n) is 2.60.